The van der Waals surface area contributed by atoms with Crippen molar-refractivity contribution in [2.45, 2.75) is 30.5 Å². The Labute approximate surface area is 197 Å². The molecule has 164 valence electrons. The number of rotatable bonds is 6. The Kier molecular flexibility index (Phi) is 6.12. The number of thiazole rings is 1. The number of carbonyl (C=O) groups is 1. The largest absolute Gasteiger partial charge is 0.341 e. The second-order valence-corrected chi connectivity index (χ2v) is 10.6. The van der Waals surface area contributed by atoms with E-state index in [1.165, 1.54) is 27.8 Å². The Morgan fingerprint density at radius 3 is 2.97 bits per heavy atom. The highest BCUT2D eigenvalue weighted by Crippen LogP contribution is 2.33. The van der Waals surface area contributed by atoms with Crippen LogP contribution in [0.2, 0.25) is 0 Å². The number of carbonyl (C=O) groups excluding carboxylic acids is 1. The van der Waals surface area contributed by atoms with Crippen LogP contribution in [0.1, 0.15) is 23.8 Å². The van der Waals surface area contributed by atoms with Crippen LogP contribution in [-0.2, 0) is 11.3 Å². The molecule has 0 N–H and O–H groups in total. The molecule has 1 unspecified atom stereocenters. The fourth-order valence-electron chi connectivity index (χ4n) is 4.01. The van der Waals surface area contributed by atoms with Gasteiger partial charge in [0.1, 0.15) is 4.70 Å². The number of para-hydroxylation sites is 1. The molecule has 1 atom stereocenters. The molecule has 1 saturated heterocycles. The fraction of sp³-hybridized carbons (Fsp3) is 0.304. The first-order valence-electron chi connectivity index (χ1n) is 10.5. The number of thiophene rings is 1. The zero-order valence-electron chi connectivity index (χ0n) is 17.4. The zero-order chi connectivity index (χ0) is 22.1. The molecular formula is C23H22N4O2S3. The standard InChI is InChI=1S/C23H22N4O2S3/c1-2-10-27-22(29)20-17(9-12-30-20)25-23(27)31-14-19(28)26-11-5-6-15(13-26)21-24-16-7-3-4-8-18(16)32-21/h2-4,7-9,12,15H,1,5-6,10-11,13-14H2. The number of thioether (sulfide) groups is 1. The molecule has 1 fully saturated rings. The second-order valence-electron chi connectivity index (χ2n) is 7.72. The molecule has 1 amide bonds. The highest BCUT2D eigenvalue weighted by Gasteiger charge is 2.27. The summed E-state index contributed by atoms with van der Waals surface area (Å²) in [7, 11) is 0. The van der Waals surface area contributed by atoms with Crippen LogP contribution in [0.25, 0.3) is 20.4 Å². The SMILES string of the molecule is C=CCn1c(SCC(=O)N2CCCC(c3nc4ccccc4s3)C2)nc2ccsc2c1=O. The predicted octanol–water partition coefficient (Wildman–Crippen LogP) is 4.75. The van der Waals surface area contributed by atoms with Gasteiger partial charge >= 0.3 is 0 Å². The van der Waals surface area contributed by atoms with Crippen molar-refractivity contribution in [3.05, 3.63) is 63.7 Å². The number of allylic oxidation sites excluding steroid dienone is 1. The van der Waals surface area contributed by atoms with Gasteiger partial charge in [0, 0.05) is 25.6 Å². The maximum atomic E-state index is 13.0. The van der Waals surface area contributed by atoms with Crippen molar-refractivity contribution in [1.82, 2.24) is 19.4 Å². The maximum Gasteiger partial charge on any atom is 0.272 e. The van der Waals surface area contributed by atoms with Crippen molar-refractivity contribution >= 4 is 60.8 Å². The molecule has 4 heterocycles. The smallest absolute Gasteiger partial charge is 0.272 e. The summed E-state index contributed by atoms with van der Waals surface area (Å²) >= 11 is 4.44. The minimum atomic E-state index is -0.0753. The maximum absolute atomic E-state index is 13.0. The Morgan fingerprint density at radius 2 is 2.12 bits per heavy atom. The number of fused-ring (bicyclic) bond motifs is 2. The number of hydrogen-bond donors (Lipinski definition) is 0. The van der Waals surface area contributed by atoms with Crippen molar-refractivity contribution in [2.75, 3.05) is 18.8 Å². The fourth-order valence-corrected chi connectivity index (χ4v) is 6.79. The van der Waals surface area contributed by atoms with E-state index < -0.39 is 0 Å². The number of hydrogen-bond acceptors (Lipinski definition) is 7. The van der Waals surface area contributed by atoms with Gasteiger partial charge in [-0.25, -0.2) is 9.97 Å². The second kappa shape index (κ2) is 9.17. The highest BCUT2D eigenvalue weighted by atomic mass is 32.2. The summed E-state index contributed by atoms with van der Waals surface area (Å²) in [5.74, 6) is 0.603. The minimum Gasteiger partial charge on any atom is -0.341 e. The molecule has 0 bridgehead atoms. The van der Waals surface area contributed by atoms with Gasteiger partial charge in [0.25, 0.3) is 5.56 Å². The Morgan fingerprint density at radius 1 is 1.25 bits per heavy atom. The molecule has 0 spiro atoms. The van der Waals surface area contributed by atoms with Gasteiger partial charge in [-0.2, -0.15) is 0 Å². The van der Waals surface area contributed by atoms with Gasteiger partial charge in [-0.3, -0.25) is 14.2 Å². The summed E-state index contributed by atoms with van der Waals surface area (Å²) in [5.41, 5.74) is 1.64. The van der Waals surface area contributed by atoms with Crippen molar-refractivity contribution in [1.29, 1.82) is 0 Å². The molecule has 1 aliphatic rings. The molecule has 0 radical (unpaired) electrons. The Hall–Kier alpha value is -2.49. The topological polar surface area (TPSA) is 68.1 Å². The van der Waals surface area contributed by atoms with E-state index in [-0.39, 0.29) is 23.1 Å². The summed E-state index contributed by atoms with van der Waals surface area (Å²) in [4.78, 5) is 37.2. The summed E-state index contributed by atoms with van der Waals surface area (Å²) < 4.78 is 3.43. The van der Waals surface area contributed by atoms with E-state index in [1.807, 2.05) is 34.5 Å². The lowest BCUT2D eigenvalue weighted by atomic mass is 9.99. The van der Waals surface area contributed by atoms with Crippen molar-refractivity contribution < 1.29 is 4.79 Å². The van der Waals surface area contributed by atoms with Crippen LogP contribution < -0.4 is 5.56 Å². The lowest BCUT2D eigenvalue weighted by Crippen LogP contribution is -2.40. The number of piperidine rings is 1. The monoisotopic (exact) mass is 482 g/mol. The molecule has 0 saturated carbocycles. The average molecular weight is 483 g/mol. The Bertz CT molecular complexity index is 1320. The van der Waals surface area contributed by atoms with Gasteiger partial charge in [0.05, 0.1) is 26.5 Å². The first-order chi connectivity index (χ1) is 15.6. The molecule has 9 heteroatoms. The number of nitrogens with zero attached hydrogens (tertiary/aromatic N) is 4. The van der Waals surface area contributed by atoms with Crippen molar-refractivity contribution in [2.24, 2.45) is 0 Å². The first kappa shape index (κ1) is 21.4. The summed E-state index contributed by atoms with van der Waals surface area (Å²) in [5, 5.41) is 3.54. The zero-order valence-corrected chi connectivity index (χ0v) is 19.8. The number of aromatic nitrogens is 3. The van der Waals surface area contributed by atoms with Crippen molar-refractivity contribution in [3.63, 3.8) is 0 Å². The first-order valence-corrected chi connectivity index (χ1v) is 13.2. The third-order valence-corrected chi connectivity index (χ3v) is 8.65. The third-order valence-electron chi connectivity index (χ3n) is 5.60. The lowest BCUT2D eigenvalue weighted by molar-refractivity contribution is -0.129. The van der Waals surface area contributed by atoms with Crippen LogP contribution in [-0.4, -0.2) is 44.2 Å². The highest BCUT2D eigenvalue weighted by molar-refractivity contribution is 7.99. The van der Waals surface area contributed by atoms with Crippen LogP contribution in [0.15, 0.2) is 58.3 Å². The minimum absolute atomic E-state index is 0.0747. The summed E-state index contributed by atoms with van der Waals surface area (Å²) in [6, 6.07) is 10.0. The average Bonchev–Trinajstić information content (AvgIpc) is 3.47. The van der Waals surface area contributed by atoms with E-state index in [2.05, 4.69) is 17.6 Å². The van der Waals surface area contributed by atoms with Gasteiger partial charge in [0.15, 0.2) is 5.16 Å². The quantitative estimate of drug-likeness (QED) is 0.225. The molecule has 1 aliphatic heterocycles. The van der Waals surface area contributed by atoms with E-state index in [1.54, 1.807) is 22.0 Å². The van der Waals surface area contributed by atoms with Gasteiger partial charge in [-0.05, 0) is 36.4 Å². The van der Waals surface area contributed by atoms with Gasteiger partial charge in [0.2, 0.25) is 5.91 Å². The summed E-state index contributed by atoms with van der Waals surface area (Å²) in [6.07, 6.45) is 3.70. The Balaban J connectivity index is 1.30. The van der Waals surface area contributed by atoms with E-state index in [4.69, 9.17) is 4.98 Å². The molecule has 4 aromatic rings. The van der Waals surface area contributed by atoms with Crippen LogP contribution >= 0.6 is 34.4 Å². The molecule has 0 aliphatic carbocycles. The van der Waals surface area contributed by atoms with Gasteiger partial charge in [-0.1, -0.05) is 30.0 Å². The summed E-state index contributed by atoms with van der Waals surface area (Å²) in [6.45, 7) is 5.58. The lowest BCUT2D eigenvalue weighted by Gasteiger charge is -2.31. The molecule has 1 aromatic carbocycles. The molecule has 3 aromatic heterocycles. The van der Waals surface area contributed by atoms with Crippen LogP contribution in [0, 0.1) is 0 Å². The van der Waals surface area contributed by atoms with Crippen molar-refractivity contribution in [3.8, 4) is 0 Å². The van der Waals surface area contributed by atoms with Crippen LogP contribution in [0.5, 0.6) is 0 Å². The normalized spacial score (nSPS) is 16.6. The van der Waals surface area contributed by atoms with Gasteiger partial charge < -0.3 is 4.90 Å². The van der Waals surface area contributed by atoms with Gasteiger partial charge in [-0.15, -0.1) is 29.3 Å². The molecule has 6 nitrogen and oxygen atoms in total. The molecular weight excluding hydrogens is 460 g/mol. The van der Waals surface area contributed by atoms with E-state index in [0.717, 1.165) is 29.9 Å². The van der Waals surface area contributed by atoms with Crippen LogP contribution in [0.4, 0.5) is 0 Å². The predicted molar refractivity (Wildman–Crippen MR) is 133 cm³/mol. The van der Waals surface area contributed by atoms with E-state index >= 15 is 0 Å². The number of likely N-dealkylation sites (tertiary alicyclic amines) is 1. The number of amides is 1. The van der Waals surface area contributed by atoms with Crippen LogP contribution in [0.3, 0.4) is 0 Å². The third kappa shape index (κ3) is 4.12. The molecule has 5 rings (SSSR count). The molecule has 32 heavy (non-hydrogen) atoms. The number of benzene rings is 1. The van der Waals surface area contributed by atoms with E-state index in [0.29, 0.717) is 28.5 Å². The van der Waals surface area contributed by atoms with E-state index in [9.17, 15) is 9.59 Å².